The van der Waals surface area contributed by atoms with E-state index in [2.05, 4.69) is 5.32 Å². The Morgan fingerprint density at radius 3 is 2.78 bits per heavy atom. The van der Waals surface area contributed by atoms with Crippen molar-refractivity contribution >= 4 is 18.4 Å². The van der Waals surface area contributed by atoms with Crippen molar-refractivity contribution in [2.24, 2.45) is 0 Å². The van der Waals surface area contributed by atoms with Gasteiger partial charge in [0.15, 0.2) is 0 Å². The van der Waals surface area contributed by atoms with Gasteiger partial charge in [-0.05, 0) is 56.5 Å². The molecule has 1 aromatic carbocycles. The number of carbonyl (C=O) groups is 1. The van der Waals surface area contributed by atoms with E-state index < -0.39 is 0 Å². The molecule has 2 saturated heterocycles. The Bertz CT molecular complexity index is 514. The zero-order chi connectivity index (χ0) is 15.4. The highest BCUT2D eigenvalue weighted by Crippen LogP contribution is 2.35. The van der Waals surface area contributed by atoms with E-state index in [0.717, 1.165) is 44.5 Å². The van der Waals surface area contributed by atoms with Crippen LogP contribution in [0.5, 0.6) is 5.75 Å². The molecule has 2 atom stereocenters. The molecule has 0 aliphatic carbocycles. The number of nitrogens with one attached hydrogen (secondary N) is 1. The number of ether oxygens (including phenoxy) is 3. The number of halogens is 1. The van der Waals surface area contributed by atoms with Crippen LogP contribution in [0.4, 0.5) is 0 Å². The van der Waals surface area contributed by atoms with Gasteiger partial charge in [0.1, 0.15) is 12.4 Å². The maximum atomic E-state index is 12.0. The van der Waals surface area contributed by atoms with Crippen molar-refractivity contribution < 1.29 is 19.0 Å². The summed E-state index contributed by atoms with van der Waals surface area (Å²) in [6.45, 7) is 2.31. The molecule has 2 aliphatic heterocycles. The van der Waals surface area contributed by atoms with Gasteiger partial charge in [-0.2, -0.15) is 0 Å². The van der Waals surface area contributed by atoms with Gasteiger partial charge in [-0.1, -0.05) is 0 Å². The summed E-state index contributed by atoms with van der Waals surface area (Å²) < 4.78 is 16.6. The Balaban J connectivity index is 0.00000192. The van der Waals surface area contributed by atoms with Gasteiger partial charge in [0.25, 0.3) is 0 Å². The highest BCUT2D eigenvalue weighted by molar-refractivity contribution is 5.89. The molecule has 0 amide bonds. The van der Waals surface area contributed by atoms with Crippen molar-refractivity contribution in [2.45, 2.75) is 37.4 Å². The van der Waals surface area contributed by atoms with E-state index in [1.807, 2.05) is 0 Å². The van der Waals surface area contributed by atoms with Crippen molar-refractivity contribution in [1.82, 2.24) is 5.32 Å². The van der Waals surface area contributed by atoms with Gasteiger partial charge in [0, 0.05) is 6.54 Å². The summed E-state index contributed by atoms with van der Waals surface area (Å²) in [6, 6.07) is 6.93. The highest BCUT2D eigenvalue weighted by Gasteiger charge is 2.41. The van der Waals surface area contributed by atoms with Crippen molar-refractivity contribution in [3.8, 4) is 5.75 Å². The topological polar surface area (TPSA) is 56.8 Å². The first kappa shape index (κ1) is 18.0. The molecular formula is C17H24ClNO4. The number of hydrogen-bond acceptors (Lipinski definition) is 5. The van der Waals surface area contributed by atoms with Gasteiger partial charge < -0.3 is 19.5 Å². The Morgan fingerprint density at radius 1 is 1.35 bits per heavy atom. The number of benzene rings is 1. The first-order valence-electron chi connectivity index (χ1n) is 7.90. The average Bonchev–Trinajstić information content (AvgIpc) is 2.96. The fourth-order valence-electron chi connectivity index (χ4n) is 3.25. The van der Waals surface area contributed by atoms with Gasteiger partial charge in [-0.3, -0.25) is 0 Å². The molecule has 128 valence electrons. The molecule has 0 unspecified atom stereocenters. The monoisotopic (exact) mass is 341 g/mol. The minimum atomic E-state index is -0.311. The Kier molecular flexibility index (Phi) is 6.27. The van der Waals surface area contributed by atoms with E-state index in [1.165, 1.54) is 0 Å². The summed E-state index contributed by atoms with van der Waals surface area (Å²) in [5.41, 5.74) is 0.503. The van der Waals surface area contributed by atoms with Crippen LogP contribution in [-0.4, -0.2) is 44.5 Å². The van der Waals surface area contributed by atoms with Crippen LogP contribution < -0.4 is 10.1 Å². The van der Waals surface area contributed by atoms with Crippen LogP contribution in [0, 0.1) is 0 Å². The Morgan fingerprint density at radius 2 is 2.13 bits per heavy atom. The maximum absolute atomic E-state index is 12.0. The first-order valence-corrected chi connectivity index (χ1v) is 7.90. The van der Waals surface area contributed by atoms with E-state index in [4.69, 9.17) is 14.2 Å². The second-order valence-corrected chi connectivity index (χ2v) is 6.07. The van der Waals surface area contributed by atoms with Crippen LogP contribution in [0.15, 0.2) is 24.3 Å². The quantitative estimate of drug-likeness (QED) is 0.853. The smallest absolute Gasteiger partial charge is 0.338 e. The lowest BCUT2D eigenvalue weighted by atomic mass is 9.91. The third-order valence-electron chi connectivity index (χ3n) is 4.50. The Hall–Kier alpha value is -1.30. The molecule has 1 spiro atoms. The summed E-state index contributed by atoms with van der Waals surface area (Å²) >= 11 is 0. The highest BCUT2D eigenvalue weighted by atomic mass is 35.5. The molecule has 0 bridgehead atoms. The van der Waals surface area contributed by atoms with Crippen LogP contribution in [0.3, 0.4) is 0 Å². The summed E-state index contributed by atoms with van der Waals surface area (Å²) in [7, 11) is 1.60. The fourth-order valence-corrected chi connectivity index (χ4v) is 3.25. The fraction of sp³-hybridized carbons (Fsp3) is 0.588. The standard InChI is InChI=1S/C17H23NO4.ClH/c1-20-14-5-3-13(4-6-14)16(19)21-11-15-7-9-17(22-15)8-2-10-18-12-17;/h3-6,15,18H,2,7-12H2,1H3;1H/t15-,17-;/m1./s1. The summed E-state index contributed by atoms with van der Waals surface area (Å²) in [5.74, 6) is 0.413. The minimum Gasteiger partial charge on any atom is -0.497 e. The molecule has 5 nitrogen and oxygen atoms in total. The predicted molar refractivity (Wildman–Crippen MR) is 89.5 cm³/mol. The molecular weight excluding hydrogens is 318 g/mol. The molecule has 2 aliphatic rings. The van der Waals surface area contributed by atoms with E-state index in [9.17, 15) is 4.79 Å². The molecule has 1 aromatic rings. The molecule has 1 N–H and O–H groups in total. The third kappa shape index (κ3) is 4.37. The summed E-state index contributed by atoms with van der Waals surface area (Å²) in [6.07, 6.45) is 4.27. The third-order valence-corrected chi connectivity index (χ3v) is 4.50. The molecule has 3 rings (SSSR count). The molecule has 2 heterocycles. The molecule has 23 heavy (non-hydrogen) atoms. The lowest BCUT2D eigenvalue weighted by Gasteiger charge is -2.33. The van der Waals surface area contributed by atoms with Crippen molar-refractivity contribution in [1.29, 1.82) is 0 Å². The van der Waals surface area contributed by atoms with E-state index >= 15 is 0 Å². The molecule has 6 heteroatoms. The van der Waals surface area contributed by atoms with Crippen molar-refractivity contribution in [2.75, 3.05) is 26.8 Å². The number of hydrogen-bond donors (Lipinski definition) is 1. The number of piperidine rings is 1. The van der Waals surface area contributed by atoms with E-state index in [-0.39, 0.29) is 30.1 Å². The number of methoxy groups -OCH3 is 1. The van der Waals surface area contributed by atoms with E-state index in [1.54, 1.807) is 31.4 Å². The molecule has 0 radical (unpaired) electrons. The number of carbonyl (C=O) groups excluding carboxylic acids is 1. The minimum absolute atomic E-state index is 0. The second-order valence-electron chi connectivity index (χ2n) is 6.07. The summed E-state index contributed by atoms with van der Waals surface area (Å²) in [4.78, 5) is 12.0. The number of rotatable bonds is 4. The Labute approximate surface area is 143 Å². The van der Waals surface area contributed by atoms with Crippen LogP contribution in [0.2, 0.25) is 0 Å². The molecule has 0 saturated carbocycles. The van der Waals surface area contributed by atoms with Gasteiger partial charge in [0.05, 0.1) is 24.4 Å². The van der Waals surface area contributed by atoms with Crippen molar-refractivity contribution in [3.63, 3.8) is 0 Å². The van der Waals surface area contributed by atoms with Crippen LogP contribution >= 0.6 is 12.4 Å². The van der Waals surface area contributed by atoms with Crippen LogP contribution in [0.1, 0.15) is 36.0 Å². The van der Waals surface area contributed by atoms with E-state index in [0.29, 0.717) is 12.2 Å². The molecule has 0 aromatic heterocycles. The van der Waals surface area contributed by atoms with Gasteiger partial charge in [-0.25, -0.2) is 4.79 Å². The molecule has 2 fully saturated rings. The lowest BCUT2D eigenvalue weighted by molar-refractivity contribution is -0.0736. The predicted octanol–water partition coefficient (Wildman–Crippen LogP) is 2.58. The first-order chi connectivity index (χ1) is 10.7. The zero-order valence-corrected chi connectivity index (χ0v) is 14.2. The van der Waals surface area contributed by atoms with Gasteiger partial charge >= 0.3 is 5.97 Å². The second kappa shape index (κ2) is 7.99. The normalized spacial score (nSPS) is 26.6. The summed E-state index contributed by atoms with van der Waals surface area (Å²) in [5, 5.41) is 3.39. The van der Waals surface area contributed by atoms with Gasteiger partial charge in [-0.15, -0.1) is 12.4 Å². The largest absolute Gasteiger partial charge is 0.497 e. The average molecular weight is 342 g/mol. The SMILES string of the molecule is COc1ccc(C(=O)OC[C@H]2CC[C@@]3(CCCNC3)O2)cc1.Cl. The lowest BCUT2D eigenvalue weighted by Crippen LogP contribution is -2.45. The van der Waals surface area contributed by atoms with Crippen molar-refractivity contribution in [3.05, 3.63) is 29.8 Å². The van der Waals surface area contributed by atoms with Crippen LogP contribution in [0.25, 0.3) is 0 Å². The zero-order valence-electron chi connectivity index (χ0n) is 13.4. The number of esters is 1. The van der Waals surface area contributed by atoms with Gasteiger partial charge in [0.2, 0.25) is 0 Å². The maximum Gasteiger partial charge on any atom is 0.338 e. The van der Waals surface area contributed by atoms with Crippen LogP contribution in [-0.2, 0) is 9.47 Å².